The third-order valence-corrected chi connectivity index (χ3v) is 18.7. The number of phenolic OH excluding ortho intramolecular Hbond substituents is 3. The zero-order valence-electron chi connectivity index (χ0n) is 44.3. The summed E-state index contributed by atoms with van der Waals surface area (Å²) in [6.07, 6.45) is 29.1. The van der Waals surface area contributed by atoms with E-state index in [0.717, 1.165) is 104 Å². The summed E-state index contributed by atoms with van der Waals surface area (Å²) in [5, 5.41) is 32.6. The Labute approximate surface area is 502 Å². The minimum atomic E-state index is -0.826. The van der Waals surface area contributed by atoms with Gasteiger partial charge in [-0.2, -0.15) is 0 Å². The second-order valence-electron chi connectivity index (χ2n) is 23.3. The van der Waals surface area contributed by atoms with Crippen molar-refractivity contribution in [3.8, 4) is 34.5 Å². The van der Waals surface area contributed by atoms with Crippen LogP contribution in [0.2, 0.25) is 0 Å². The molecule has 0 spiro atoms. The molecule has 0 atom stereocenters. The predicted molar refractivity (Wildman–Crippen MR) is 299 cm³/mol. The van der Waals surface area contributed by atoms with E-state index in [-0.39, 0.29) is 16.2 Å². The van der Waals surface area contributed by atoms with Crippen LogP contribution in [0.15, 0.2) is 51.4 Å². The summed E-state index contributed by atoms with van der Waals surface area (Å²) in [6, 6.07) is 11.9. The van der Waals surface area contributed by atoms with Crippen LogP contribution in [0, 0.1) is 53.3 Å². The Hall–Kier alpha value is -0.141. The molecule has 0 aliphatic heterocycles. The summed E-state index contributed by atoms with van der Waals surface area (Å²) >= 11 is -2.48. The van der Waals surface area contributed by atoms with Crippen LogP contribution in [0.4, 0.5) is 0 Å². The fourth-order valence-corrected chi connectivity index (χ4v) is 17.5. The fraction of sp³-hybridized carbons (Fsp3) is 0.632. The van der Waals surface area contributed by atoms with Gasteiger partial charge >= 0.3 is 114 Å². The number of benzene rings is 3. The van der Waals surface area contributed by atoms with Crippen molar-refractivity contribution in [2.75, 3.05) is 42.5 Å². The second-order valence-corrected chi connectivity index (χ2v) is 34.5. The van der Waals surface area contributed by atoms with E-state index in [1.165, 1.54) is 116 Å². The molecule has 18 heteroatoms. The Morgan fingerprint density at radius 1 is 0.387 bits per heavy atom. The molecule has 0 aromatic heterocycles. The molecule has 3 aromatic rings. The Morgan fingerprint density at radius 2 is 0.560 bits per heavy atom. The normalized spacial score (nSPS) is 32.4. The Balaban J connectivity index is 0.000000152. The number of hydrogen-bond donors (Lipinski definition) is 3. The first-order chi connectivity index (χ1) is 36.1. The molecule has 0 unspecified atom stereocenters. The van der Waals surface area contributed by atoms with Crippen LogP contribution in [-0.2, 0) is 78.8 Å². The molecule has 3 aromatic carbocycles. The summed E-state index contributed by atoms with van der Waals surface area (Å²) in [6.45, 7) is 0. The molecule has 12 aliphatic rings. The third-order valence-electron chi connectivity index (χ3n) is 18.7. The van der Waals surface area contributed by atoms with Crippen molar-refractivity contribution in [3.05, 3.63) is 69.8 Å². The Kier molecular flexibility index (Phi) is 23.9. The number of nitrogens with zero attached hydrogens (tertiary/aromatic N) is 3. The summed E-state index contributed by atoms with van der Waals surface area (Å²) in [5.74, 6) is 11.5. The molecule has 0 amide bonds. The average molecular weight is 1380 g/mol. The zero-order chi connectivity index (χ0) is 54.1. The summed E-state index contributed by atoms with van der Waals surface area (Å²) < 4.78 is 16.5. The van der Waals surface area contributed by atoms with Crippen molar-refractivity contribution in [1.82, 2.24) is 0 Å². The summed E-state index contributed by atoms with van der Waals surface area (Å²) in [4.78, 5) is 12.3. The first-order valence-corrected chi connectivity index (χ1v) is 45.5. The monoisotopic (exact) mass is 1380 g/mol. The maximum atomic E-state index is 10.9. The Morgan fingerprint density at radius 3 is 0.707 bits per heavy atom. The first-order valence-electron chi connectivity index (χ1n) is 26.5. The van der Waals surface area contributed by atoms with Crippen molar-refractivity contribution >= 4 is 69.7 Å². The van der Waals surface area contributed by atoms with E-state index >= 15 is 0 Å². The topological polar surface area (TPSA) is 125 Å². The molecular weight excluding hydrogens is 1310 g/mol. The first kappa shape index (κ1) is 62.5. The van der Waals surface area contributed by atoms with Crippen LogP contribution < -0.4 is 14.2 Å². The van der Waals surface area contributed by atoms with Crippen molar-refractivity contribution in [1.29, 1.82) is 0 Å². The molecule has 15 rings (SSSR count). The number of ether oxygens (including phenoxy) is 3. The van der Waals surface area contributed by atoms with E-state index in [4.69, 9.17) is 65.3 Å². The summed E-state index contributed by atoms with van der Waals surface area (Å²) in [7, 11) is 39.9. The number of rotatable bonds is 9. The molecule has 12 fully saturated rings. The van der Waals surface area contributed by atoms with Gasteiger partial charge < -0.3 is 29.5 Å². The van der Waals surface area contributed by atoms with Crippen LogP contribution in [0.25, 0.3) is 0 Å². The fourth-order valence-electron chi connectivity index (χ4n) is 17.5. The van der Waals surface area contributed by atoms with Crippen LogP contribution in [0.3, 0.4) is 0 Å². The van der Waals surface area contributed by atoms with Crippen LogP contribution in [0.5, 0.6) is 34.5 Å². The van der Waals surface area contributed by atoms with Gasteiger partial charge in [0.15, 0.2) is 0 Å². The molecule has 75 heavy (non-hydrogen) atoms. The molecule has 0 heterocycles. The number of phenols is 3. The van der Waals surface area contributed by atoms with Gasteiger partial charge in [0.05, 0.1) is 21.3 Å². The molecular formula is C57H75Cl6N3O6Zr3. The molecule has 9 nitrogen and oxygen atoms in total. The quantitative estimate of drug-likeness (QED) is 0.183. The van der Waals surface area contributed by atoms with Gasteiger partial charge in [-0.05, 0) is 221 Å². The maximum absolute atomic E-state index is 10.9. The van der Waals surface area contributed by atoms with Gasteiger partial charge in [0.1, 0.15) is 34.5 Å². The molecule has 408 valence electrons. The van der Waals surface area contributed by atoms with Gasteiger partial charge in [-0.3, -0.25) is 15.0 Å². The molecule has 12 aliphatic carbocycles. The van der Waals surface area contributed by atoms with Gasteiger partial charge in [0.25, 0.3) is 0 Å². The van der Waals surface area contributed by atoms with Crippen molar-refractivity contribution in [3.63, 3.8) is 0 Å². The number of halogens is 6. The van der Waals surface area contributed by atoms with Crippen molar-refractivity contribution in [2.24, 2.45) is 68.2 Å². The van der Waals surface area contributed by atoms with Gasteiger partial charge in [0.2, 0.25) is 0 Å². The van der Waals surface area contributed by atoms with Crippen molar-refractivity contribution < 1.29 is 92.1 Å². The average Bonchev–Trinajstić information content (AvgIpc) is 3.36. The molecule has 12 saturated carbocycles. The summed E-state index contributed by atoms with van der Waals surface area (Å²) in [5.41, 5.74) is 6.20. The Bertz CT molecular complexity index is 2110. The zero-order valence-corrected chi connectivity index (χ0v) is 56.2. The van der Waals surface area contributed by atoms with Gasteiger partial charge in [0, 0.05) is 73.2 Å². The number of aliphatic imine (C=N–C) groups is 3. The number of hydrogen-bond acceptors (Lipinski definition) is 9. The van der Waals surface area contributed by atoms with Gasteiger partial charge in [-0.1, -0.05) is 0 Å². The second kappa shape index (κ2) is 28.7. The third kappa shape index (κ3) is 14.6. The van der Waals surface area contributed by atoms with E-state index in [2.05, 4.69) is 33.2 Å². The molecule has 0 radical (unpaired) electrons. The van der Waals surface area contributed by atoms with E-state index in [1.807, 2.05) is 18.2 Å². The molecule has 12 bridgehead atoms. The van der Waals surface area contributed by atoms with E-state index < -0.39 is 62.5 Å². The van der Waals surface area contributed by atoms with Crippen LogP contribution in [-0.4, -0.2) is 76.4 Å². The molecule has 0 saturated heterocycles. The standard InChI is InChI=1S/3C19H25NO2.6ClH.3Zr/c3*1-20-11-15-6-16(22-2)7-17(18(15)21)19-8-12-3-13(9-19)5-14(4-12)10-19;;;;;;;;;/h3*6-7,11-14,21H,3-5,8-10H2,1-2H3;6*1H;;;/q;;;;;;;;;3*+2/p-6. The van der Waals surface area contributed by atoms with Crippen LogP contribution >= 0.6 is 51.1 Å². The van der Waals surface area contributed by atoms with Gasteiger partial charge in [-0.25, -0.2) is 0 Å². The molecule has 3 N–H and O–H groups in total. The minimum absolute atomic E-state index is 0.170. The predicted octanol–water partition coefficient (Wildman–Crippen LogP) is 15.9. The van der Waals surface area contributed by atoms with E-state index in [1.54, 1.807) is 61.1 Å². The van der Waals surface area contributed by atoms with E-state index in [9.17, 15) is 15.3 Å². The van der Waals surface area contributed by atoms with Gasteiger partial charge in [-0.15, -0.1) is 0 Å². The van der Waals surface area contributed by atoms with Crippen molar-refractivity contribution in [2.45, 2.75) is 132 Å². The van der Waals surface area contributed by atoms with Crippen LogP contribution in [0.1, 0.15) is 149 Å². The number of methoxy groups -OCH3 is 3. The van der Waals surface area contributed by atoms with E-state index in [0.29, 0.717) is 17.2 Å². The SMILES string of the molecule is CN=Cc1cc(OC)cc(C23CC4CC(CC(C4)C2)C3)c1O.CN=Cc1cc(OC)cc(C23CC4CC(CC(C4)C2)C3)c1O.CN=Cc1cc(OC)cc(C23CC4CC(CC(C4)C2)C3)c1O.[Cl][Zr][Cl].[Cl][Zr][Cl].[Cl][Zr][Cl]. The number of aromatic hydroxyl groups is 3.